The SMILES string of the molecule is O=C(NCc1cc(C(F)(F)F)cc(C(F)(F)F)c1)C1CCN(c2ccc(F)cc2)C1=O. The van der Waals surface area contributed by atoms with Gasteiger partial charge in [-0.15, -0.1) is 0 Å². The number of hydrogen-bond donors (Lipinski definition) is 1. The zero-order chi connectivity index (χ0) is 23.0. The number of anilines is 1. The molecule has 31 heavy (non-hydrogen) atoms. The summed E-state index contributed by atoms with van der Waals surface area (Å²) in [6, 6.07) is 6.01. The zero-order valence-electron chi connectivity index (χ0n) is 15.6. The number of carbonyl (C=O) groups is 2. The van der Waals surface area contributed by atoms with Gasteiger partial charge in [0.25, 0.3) is 0 Å². The largest absolute Gasteiger partial charge is 0.416 e. The van der Waals surface area contributed by atoms with E-state index in [9.17, 15) is 40.3 Å². The van der Waals surface area contributed by atoms with Crippen LogP contribution in [0.2, 0.25) is 0 Å². The highest BCUT2D eigenvalue weighted by Crippen LogP contribution is 2.36. The Kier molecular flexibility index (Phi) is 5.97. The summed E-state index contributed by atoms with van der Waals surface area (Å²) >= 11 is 0. The summed E-state index contributed by atoms with van der Waals surface area (Å²) < 4.78 is 90.6. The first-order valence-corrected chi connectivity index (χ1v) is 8.99. The van der Waals surface area contributed by atoms with Crippen LogP contribution in [0.15, 0.2) is 42.5 Å². The van der Waals surface area contributed by atoms with Crippen LogP contribution in [0, 0.1) is 11.7 Å². The highest BCUT2D eigenvalue weighted by atomic mass is 19.4. The quantitative estimate of drug-likeness (QED) is 0.552. The van der Waals surface area contributed by atoms with Gasteiger partial charge in [0.1, 0.15) is 11.7 Å². The average molecular weight is 448 g/mol. The van der Waals surface area contributed by atoms with E-state index in [1.54, 1.807) is 0 Å². The van der Waals surface area contributed by atoms with E-state index in [4.69, 9.17) is 0 Å². The van der Waals surface area contributed by atoms with Crippen molar-refractivity contribution in [3.8, 4) is 0 Å². The van der Waals surface area contributed by atoms with Crippen molar-refractivity contribution in [3.05, 3.63) is 65.0 Å². The number of hydrogen-bond acceptors (Lipinski definition) is 2. The smallest absolute Gasteiger partial charge is 0.351 e. The Morgan fingerprint density at radius 2 is 1.52 bits per heavy atom. The Balaban J connectivity index is 1.72. The molecule has 1 unspecified atom stereocenters. The van der Waals surface area contributed by atoms with Crippen LogP contribution in [0.25, 0.3) is 0 Å². The van der Waals surface area contributed by atoms with E-state index < -0.39 is 59.1 Å². The molecule has 0 spiro atoms. The lowest BCUT2D eigenvalue weighted by Gasteiger charge is -2.17. The number of rotatable bonds is 4. The van der Waals surface area contributed by atoms with Gasteiger partial charge in [-0.3, -0.25) is 9.59 Å². The molecule has 0 aromatic heterocycles. The van der Waals surface area contributed by atoms with Gasteiger partial charge in [-0.05, 0) is 54.4 Å². The number of nitrogens with zero attached hydrogens (tertiary/aromatic N) is 1. The fourth-order valence-electron chi connectivity index (χ4n) is 3.23. The molecule has 1 atom stereocenters. The van der Waals surface area contributed by atoms with Crippen molar-refractivity contribution in [3.63, 3.8) is 0 Å². The van der Waals surface area contributed by atoms with Crippen molar-refractivity contribution in [1.82, 2.24) is 5.32 Å². The van der Waals surface area contributed by atoms with Gasteiger partial charge >= 0.3 is 12.4 Å². The topological polar surface area (TPSA) is 49.4 Å². The van der Waals surface area contributed by atoms with Crippen LogP contribution in [0.1, 0.15) is 23.1 Å². The van der Waals surface area contributed by atoms with E-state index in [0.717, 1.165) is 12.1 Å². The van der Waals surface area contributed by atoms with Gasteiger partial charge in [-0.2, -0.15) is 26.3 Å². The molecule has 1 aliphatic heterocycles. The number of nitrogens with one attached hydrogen (secondary N) is 1. The van der Waals surface area contributed by atoms with Crippen molar-refractivity contribution >= 4 is 17.5 Å². The van der Waals surface area contributed by atoms with Crippen molar-refractivity contribution in [2.24, 2.45) is 5.92 Å². The minimum atomic E-state index is -5.00. The molecule has 1 N–H and O–H groups in total. The van der Waals surface area contributed by atoms with Gasteiger partial charge < -0.3 is 10.2 Å². The molecule has 0 saturated carbocycles. The van der Waals surface area contributed by atoms with Gasteiger partial charge in [0.05, 0.1) is 11.1 Å². The number of halogens is 7. The predicted octanol–water partition coefficient (Wildman–Crippen LogP) is 4.53. The van der Waals surface area contributed by atoms with Crippen LogP contribution in [0.5, 0.6) is 0 Å². The molecule has 2 aromatic carbocycles. The maximum absolute atomic E-state index is 13.0. The van der Waals surface area contributed by atoms with Gasteiger partial charge in [-0.25, -0.2) is 4.39 Å². The Bertz CT molecular complexity index is 952. The summed E-state index contributed by atoms with van der Waals surface area (Å²) in [6.45, 7) is -0.462. The highest BCUT2D eigenvalue weighted by molar-refractivity contribution is 6.09. The average Bonchev–Trinajstić information content (AvgIpc) is 3.06. The first-order valence-electron chi connectivity index (χ1n) is 8.99. The third kappa shape index (κ3) is 5.15. The van der Waals surface area contributed by atoms with Crippen LogP contribution < -0.4 is 10.2 Å². The summed E-state index contributed by atoms with van der Waals surface area (Å²) in [5.74, 6) is -3.08. The van der Waals surface area contributed by atoms with E-state index in [-0.39, 0.29) is 19.0 Å². The minimum Gasteiger partial charge on any atom is -0.351 e. The van der Waals surface area contributed by atoms with Crippen molar-refractivity contribution in [2.75, 3.05) is 11.4 Å². The molecule has 0 aliphatic carbocycles. The van der Waals surface area contributed by atoms with Gasteiger partial charge in [-0.1, -0.05) is 0 Å². The summed E-state index contributed by atoms with van der Waals surface area (Å²) in [5, 5.41) is 2.23. The highest BCUT2D eigenvalue weighted by Gasteiger charge is 2.39. The normalized spacial score (nSPS) is 17.2. The second kappa shape index (κ2) is 8.20. The van der Waals surface area contributed by atoms with E-state index >= 15 is 0 Å². The van der Waals surface area contributed by atoms with Crippen molar-refractivity contribution in [2.45, 2.75) is 25.3 Å². The molecule has 3 rings (SSSR count). The van der Waals surface area contributed by atoms with E-state index in [2.05, 4.69) is 5.32 Å². The lowest BCUT2D eigenvalue weighted by Crippen LogP contribution is -2.36. The molecule has 2 amide bonds. The summed E-state index contributed by atoms with van der Waals surface area (Å²) in [6.07, 6.45) is -9.91. The van der Waals surface area contributed by atoms with Gasteiger partial charge in [0.15, 0.2) is 0 Å². The second-order valence-electron chi connectivity index (χ2n) is 6.94. The Labute approximate surface area is 171 Å². The maximum atomic E-state index is 13.0. The number of benzene rings is 2. The van der Waals surface area contributed by atoms with Gasteiger partial charge in [0, 0.05) is 18.8 Å². The lowest BCUT2D eigenvalue weighted by molar-refractivity contribution is -0.143. The third-order valence-corrected chi connectivity index (χ3v) is 4.77. The molecule has 1 heterocycles. The lowest BCUT2D eigenvalue weighted by atomic mass is 10.0. The fraction of sp³-hybridized carbons (Fsp3) is 0.300. The van der Waals surface area contributed by atoms with Crippen molar-refractivity contribution < 1.29 is 40.3 Å². The van der Waals surface area contributed by atoms with Crippen LogP contribution in [0.3, 0.4) is 0 Å². The zero-order valence-corrected chi connectivity index (χ0v) is 15.6. The number of amides is 2. The van der Waals surface area contributed by atoms with E-state index in [1.165, 1.54) is 17.0 Å². The Hall–Kier alpha value is -3.11. The summed E-state index contributed by atoms with van der Waals surface area (Å²) in [4.78, 5) is 26.1. The molecule has 0 bridgehead atoms. The van der Waals surface area contributed by atoms with E-state index in [0.29, 0.717) is 17.8 Å². The van der Waals surface area contributed by atoms with Crippen LogP contribution in [-0.4, -0.2) is 18.4 Å². The van der Waals surface area contributed by atoms with Crippen LogP contribution >= 0.6 is 0 Å². The molecule has 2 aromatic rings. The maximum Gasteiger partial charge on any atom is 0.416 e. The number of carbonyl (C=O) groups excluding carboxylic acids is 2. The second-order valence-corrected chi connectivity index (χ2v) is 6.94. The standard InChI is InChI=1S/C20H15F7N2O2/c21-14-1-3-15(4-2-14)29-6-5-16(18(29)31)17(30)28-10-11-7-12(19(22,23)24)9-13(8-11)20(25,26)27/h1-4,7-9,16H,5-6,10H2,(H,28,30). The van der Waals surface area contributed by atoms with Crippen LogP contribution in [0.4, 0.5) is 36.4 Å². The molecule has 1 fully saturated rings. The summed E-state index contributed by atoms with van der Waals surface area (Å²) in [5.41, 5.74) is -3.03. The Morgan fingerprint density at radius 1 is 0.968 bits per heavy atom. The van der Waals surface area contributed by atoms with Gasteiger partial charge in [0.2, 0.25) is 11.8 Å². The van der Waals surface area contributed by atoms with Crippen molar-refractivity contribution in [1.29, 1.82) is 0 Å². The molecule has 4 nitrogen and oxygen atoms in total. The summed E-state index contributed by atoms with van der Waals surface area (Å²) in [7, 11) is 0. The molecular formula is C20H15F7N2O2. The monoisotopic (exact) mass is 448 g/mol. The van der Waals surface area contributed by atoms with Crippen LogP contribution in [-0.2, 0) is 28.5 Å². The number of alkyl halides is 6. The van der Waals surface area contributed by atoms with E-state index in [1.807, 2.05) is 0 Å². The molecule has 11 heteroatoms. The first kappa shape index (κ1) is 22.6. The predicted molar refractivity (Wildman–Crippen MR) is 95.2 cm³/mol. The molecule has 1 aliphatic rings. The molecule has 1 saturated heterocycles. The first-order chi connectivity index (χ1) is 14.4. The molecular weight excluding hydrogens is 433 g/mol. The fourth-order valence-corrected chi connectivity index (χ4v) is 3.23. The Morgan fingerprint density at radius 3 is 2.03 bits per heavy atom. The third-order valence-electron chi connectivity index (χ3n) is 4.77. The molecule has 166 valence electrons. The minimum absolute atomic E-state index is 0.00755. The molecule has 0 radical (unpaired) electrons.